The fourth-order valence-electron chi connectivity index (χ4n) is 2.43. The molecule has 2 aliphatic rings. The molecule has 0 aromatic heterocycles. The molecule has 2 rings (SSSR count). The number of hydrazine groups is 1. The average Bonchev–Trinajstić information content (AvgIpc) is 2.76. The van der Waals surface area contributed by atoms with Gasteiger partial charge in [0.2, 0.25) is 0 Å². The van der Waals surface area contributed by atoms with E-state index in [-0.39, 0.29) is 0 Å². The average molecular weight is 168 g/mol. The van der Waals surface area contributed by atoms with Gasteiger partial charge >= 0.3 is 0 Å². The quantitative estimate of drug-likeness (QED) is 0.495. The van der Waals surface area contributed by atoms with Crippen LogP contribution in [-0.4, -0.2) is 6.04 Å². The molecule has 12 heavy (non-hydrogen) atoms. The first-order valence-electron chi connectivity index (χ1n) is 5.29. The van der Waals surface area contributed by atoms with Crippen LogP contribution in [-0.2, 0) is 0 Å². The molecule has 0 spiro atoms. The van der Waals surface area contributed by atoms with Crippen molar-refractivity contribution in [3.63, 3.8) is 0 Å². The number of rotatable bonds is 4. The Morgan fingerprint density at radius 2 is 1.83 bits per heavy atom. The van der Waals surface area contributed by atoms with Gasteiger partial charge in [-0.25, -0.2) is 0 Å². The number of nitrogens with two attached hydrogens (primary N) is 1. The minimum Gasteiger partial charge on any atom is -0.271 e. The smallest absolute Gasteiger partial charge is 0.0267 e. The van der Waals surface area contributed by atoms with E-state index < -0.39 is 0 Å². The van der Waals surface area contributed by atoms with Crippen LogP contribution < -0.4 is 11.3 Å². The fourth-order valence-corrected chi connectivity index (χ4v) is 2.43. The summed E-state index contributed by atoms with van der Waals surface area (Å²) >= 11 is 0. The van der Waals surface area contributed by atoms with Gasteiger partial charge in [0, 0.05) is 6.04 Å². The first-order valence-corrected chi connectivity index (χ1v) is 5.29. The first kappa shape index (κ1) is 8.52. The maximum Gasteiger partial charge on any atom is 0.0267 e. The van der Waals surface area contributed by atoms with Crippen LogP contribution in [0.25, 0.3) is 0 Å². The summed E-state index contributed by atoms with van der Waals surface area (Å²) in [4.78, 5) is 0. The lowest BCUT2D eigenvalue weighted by Crippen LogP contribution is -2.48. The molecule has 3 N–H and O–H groups in total. The molecule has 2 unspecified atom stereocenters. The first-order chi connectivity index (χ1) is 5.83. The monoisotopic (exact) mass is 168 g/mol. The van der Waals surface area contributed by atoms with E-state index in [0.717, 1.165) is 17.8 Å². The van der Waals surface area contributed by atoms with Crippen LogP contribution in [0.1, 0.15) is 39.0 Å². The molecule has 0 saturated heterocycles. The van der Waals surface area contributed by atoms with Gasteiger partial charge < -0.3 is 0 Å². The van der Waals surface area contributed by atoms with Crippen molar-refractivity contribution in [2.45, 2.75) is 45.1 Å². The highest BCUT2D eigenvalue weighted by molar-refractivity contribution is 4.91. The van der Waals surface area contributed by atoms with Gasteiger partial charge in [-0.05, 0) is 43.4 Å². The normalized spacial score (nSPS) is 29.5. The third-order valence-corrected chi connectivity index (χ3v) is 3.78. The second kappa shape index (κ2) is 3.35. The number of nitrogens with one attached hydrogen (secondary N) is 1. The SMILES string of the molecule is CC(C1CC1)C(NN)C1CCC1. The molecule has 0 aliphatic heterocycles. The Hall–Kier alpha value is -0.0800. The molecule has 70 valence electrons. The van der Waals surface area contributed by atoms with Crippen molar-refractivity contribution in [2.75, 3.05) is 0 Å². The zero-order valence-electron chi connectivity index (χ0n) is 7.92. The van der Waals surface area contributed by atoms with Crippen LogP contribution in [0.5, 0.6) is 0 Å². The highest BCUT2D eigenvalue weighted by Gasteiger charge is 2.38. The molecule has 2 fully saturated rings. The van der Waals surface area contributed by atoms with E-state index in [0.29, 0.717) is 6.04 Å². The predicted molar refractivity (Wildman–Crippen MR) is 50.3 cm³/mol. The van der Waals surface area contributed by atoms with Gasteiger partial charge in [-0.15, -0.1) is 0 Å². The van der Waals surface area contributed by atoms with Crippen LogP contribution in [0.15, 0.2) is 0 Å². The van der Waals surface area contributed by atoms with Gasteiger partial charge in [-0.3, -0.25) is 11.3 Å². The van der Waals surface area contributed by atoms with Crippen LogP contribution in [0.2, 0.25) is 0 Å². The lowest BCUT2D eigenvalue weighted by Gasteiger charge is -2.37. The molecule has 2 heteroatoms. The van der Waals surface area contributed by atoms with Gasteiger partial charge in [-0.1, -0.05) is 13.3 Å². The fraction of sp³-hybridized carbons (Fsp3) is 1.00. The zero-order chi connectivity index (χ0) is 8.55. The van der Waals surface area contributed by atoms with Crippen LogP contribution in [0.3, 0.4) is 0 Å². The minimum absolute atomic E-state index is 0.603. The summed E-state index contributed by atoms with van der Waals surface area (Å²) in [5.74, 6) is 8.26. The van der Waals surface area contributed by atoms with E-state index in [2.05, 4.69) is 12.3 Å². The molecule has 0 bridgehead atoms. The maximum atomic E-state index is 5.60. The van der Waals surface area contributed by atoms with E-state index in [1.165, 1.54) is 32.1 Å². The standard InChI is InChI=1S/C10H20N2/c1-7(8-5-6-8)10(12-11)9-3-2-4-9/h7-10,12H,2-6,11H2,1H3. The highest BCUT2D eigenvalue weighted by Crippen LogP contribution is 2.42. The van der Waals surface area contributed by atoms with Gasteiger partial charge in [0.1, 0.15) is 0 Å². The van der Waals surface area contributed by atoms with E-state index in [1.807, 2.05) is 0 Å². The Morgan fingerprint density at radius 1 is 1.17 bits per heavy atom. The molecule has 0 radical (unpaired) electrons. The second-order valence-electron chi connectivity index (χ2n) is 4.58. The molecular weight excluding hydrogens is 148 g/mol. The van der Waals surface area contributed by atoms with Crippen LogP contribution >= 0.6 is 0 Å². The summed E-state index contributed by atoms with van der Waals surface area (Å²) in [7, 11) is 0. The molecule has 0 amide bonds. The number of hydrogen-bond donors (Lipinski definition) is 2. The second-order valence-corrected chi connectivity index (χ2v) is 4.58. The lowest BCUT2D eigenvalue weighted by molar-refractivity contribution is 0.170. The van der Waals surface area contributed by atoms with Crippen molar-refractivity contribution in [2.24, 2.45) is 23.6 Å². The Balaban J connectivity index is 1.86. The summed E-state index contributed by atoms with van der Waals surface area (Å²) in [6.07, 6.45) is 7.08. The minimum atomic E-state index is 0.603. The van der Waals surface area contributed by atoms with Crippen molar-refractivity contribution < 1.29 is 0 Å². The Morgan fingerprint density at radius 3 is 2.17 bits per heavy atom. The van der Waals surface area contributed by atoms with Crippen LogP contribution in [0.4, 0.5) is 0 Å². The molecule has 0 aromatic rings. The van der Waals surface area contributed by atoms with Crippen molar-refractivity contribution in [3.8, 4) is 0 Å². The molecule has 2 atom stereocenters. The van der Waals surface area contributed by atoms with Gasteiger partial charge in [0.05, 0.1) is 0 Å². The lowest BCUT2D eigenvalue weighted by atomic mass is 9.74. The summed E-state index contributed by atoms with van der Waals surface area (Å²) < 4.78 is 0. The number of hydrogen-bond acceptors (Lipinski definition) is 2. The predicted octanol–water partition coefficient (Wildman–Crippen LogP) is 1.66. The maximum absolute atomic E-state index is 5.60. The Kier molecular flexibility index (Phi) is 2.37. The van der Waals surface area contributed by atoms with E-state index in [1.54, 1.807) is 0 Å². The molecule has 0 aromatic carbocycles. The highest BCUT2D eigenvalue weighted by atomic mass is 15.2. The van der Waals surface area contributed by atoms with Gasteiger partial charge in [0.15, 0.2) is 0 Å². The largest absolute Gasteiger partial charge is 0.271 e. The summed E-state index contributed by atoms with van der Waals surface area (Å²) in [6, 6.07) is 0.603. The molecule has 0 heterocycles. The third kappa shape index (κ3) is 1.50. The van der Waals surface area contributed by atoms with Crippen molar-refractivity contribution in [3.05, 3.63) is 0 Å². The Bertz CT molecular complexity index is 150. The molecular formula is C10H20N2. The van der Waals surface area contributed by atoms with Gasteiger partial charge in [0.25, 0.3) is 0 Å². The summed E-state index contributed by atoms with van der Waals surface area (Å²) in [6.45, 7) is 2.36. The topological polar surface area (TPSA) is 38.0 Å². The van der Waals surface area contributed by atoms with Crippen molar-refractivity contribution >= 4 is 0 Å². The molecule has 2 saturated carbocycles. The molecule has 2 nitrogen and oxygen atoms in total. The van der Waals surface area contributed by atoms with Crippen molar-refractivity contribution in [1.82, 2.24) is 5.43 Å². The van der Waals surface area contributed by atoms with E-state index >= 15 is 0 Å². The Labute approximate surface area is 74.9 Å². The van der Waals surface area contributed by atoms with Crippen molar-refractivity contribution in [1.29, 1.82) is 0 Å². The molecule has 2 aliphatic carbocycles. The van der Waals surface area contributed by atoms with Gasteiger partial charge in [-0.2, -0.15) is 0 Å². The summed E-state index contributed by atoms with van der Waals surface area (Å²) in [5.41, 5.74) is 3.03. The van der Waals surface area contributed by atoms with E-state index in [9.17, 15) is 0 Å². The summed E-state index contributed by atoms with van der Waals surface area (Å²) in [5, 5.41) is 0. The van der Waals surface area contributed by atoms with E-state index in [4.69, 9.17) is 5.84 Å². The van der Waals surface area contributed by atoms with Crippen LogP contribution in [0, 0.1) is 17.8 Å². The third-order valence-electron chi connectivity index (χ3n) is 3.78. The zero-order valence-corrected chi connectivity index (χ0v) is 7.92.